The first-order valence-electron chi connectivity index (χ1n) is 8.96. The Labute approximate surface area is 159 Å². The van der Waals surface area contributed by atoms with E-state index >= 15 is 0 Å². The molecule has 0 aromatic heterocycles. The van der Waals surface area contributed by atoms with E-state index in [1.807, 2.05) is 0 Å². The highest BCUT2D eigenvalue weighted by Gasteiger charge is 2.27. The van der Waals surface area contributed by atoms with Gasteiger partial charge in [-0.25, -0.2) is 4.79 Å². The molecule has 5 N–H and O–H groups in total. The second-order valence-corrected chi connectivity index (χ2v) is 6.60. The summed E-state index contributed by atoms with van der Waals surface area (Å²) < 4.78 is 0. The molecule has 0 saturated carbocycles. The highest BCUT2D eigenvalue weighted by atomic mass is 16.2. The number of amides is 5. The van der Waals surface area contributed by atoms with Crippen LogP contribution in [0.25, 0.3) is 0 Å². The van der Waals surface area contributed by atoms with Crippen LogP contribution >= 0.6 is 0 Å². The van der Waals surface area contributed by atoms with Crippen LogP contribution in [0.3, 0.4) is 0 Å². The Morgan fingerprint density at radius 2 is 1.93 bits per heavy atom. The summed E-state index contributed by atoms with van der Waals surface area (Å²) in [5.41, 5.74) is 0. The first-order chi connectivity index (χ1) is 12.7. The van der Waals surface area contributed by atoms with E-state index in [1.165, 1.54) is 13.1 Å². The van der Waals surface area contributed by atoms with Gasteiger partial charge in [0.2, 0.25) is 17.7 Å². The first kappa shape index (κ1) is 22.2. The van der Waals surface area contributed by atoms with Gasteiger partial charge < -0.3 is 26.6 Å². The van der Waals surface area contributed by atoms with Crippen LogP contribution in [0.1, 0.15) is 27.2 Å². The number of nitrogens with one attached hydrogen (secondary N) is 5. The minimum atomic E-state index is -0.892. The smallest absolute Gasteiger partial charge is 0.315 e. The maximum Gasteiger partial charge on any atom is 0.315 e. The van der Waals surface area contributed by atoms with E-state index in [9.17, 15) is 19.2 Å². The molecule has 0 spiro atoms. The van der Waals surface area contributed by atoms with Crippen molar-refractivity contribution in [3.8, 4) is 0 Å². The Hall–Kier alpha value is -2.84. The van der Waals surface area contributed by atoms with Gasteiger partial charge in [0.05, 0.1) is 0 Å². The minimum Gasteiger partial charge on any atom is -0.352 e. The maximum atomic E-state index is 12.6. The molecule has 27 heavy (non-hydrogen) atoms. The van der Waals surface area contributed by atoms with Crippen LogP contribution in [0.2, 0.25) is 0 Å². The fraction of sp³-hybridized carbons (Fsp3) is 0.556. The Balaban J connectivity index is 2.90. The van der Waals surface area contributed by atoms with Crippen LogP contribution in [0.15, 0.2) is 24.3 Å². The zero-order chi connectivity index (χ0) is 20.4. The fourth-order valence-electron chi connectivity index (χ4n) is 2.36. The molecule has 3 atom stereocenters. The van der Waals surface area contributed by atoms with Crippen LogP contribution in [0, 0.1) is 5.92 Å². The van der Waals surface area contributed by atoms with Gasteiger partial charge in [-0.2, -0.15) is 0 Å². The molecule has 0 aromatic rings. The third-order valence-corrected chi connectivity index (χ3v) is 3.89. The van der Waals surface area contributed by atoms with Gasteiger partial charge in [0, 0.05) is 25.7 Å². The number of rotatable bonds is 4. The molecule has 0 saturated heterocycles. The summed E-state index contributed by atoms with van der Waals surface area (Å²) in [6.45, 7) is 5.74. The van der Waals surface area contributed by atoms with Crippen LogP contribution < -0.4 is 26.6 Å². The average Bonchev–Trinajstić information content (AvgIpc) is 2.61. The van der Waals surface area contributed by atoms with Gasteiger partial charge in [0.1, 0.15) is 12.1 Å². The molecule has 3 unspecified atom stereocenters. The molecule has 1 aliphatic rings. The van der Waals surface area contributed by atoms with Gasteiger partial charge in [-0.1, -0.05) is 32.1 Å². The van der Waals surface area contributed by atoms with E-state index in [0.29, 0.717) is 13.0 Å². The molecule has 1 heterocycles. The monoisotopic (exact) mass is 379 g/mol. The summed E-state index contributed by atoms with van der Waals surface area (Å²) in [5, 5.41) is 13.1. The molecular formula is C18H29N5O4. The number of carbonyl (C=O) groups excluding carboxylic acids is 4. The molecule has 0 aromatic carbocycles. The summed E-state index contributed by atoms with van der Waals surface area (Å²) in [4.78, 5) is 48.3. The lowest BCUT2D eigenvalue weighted by atomic mass is 10.0. The molecule has 1 aliphatic heterocycles. The number of hydrogen-bond donors (Lipinski definition) is 5. The zero-order valence-electron chi connectivity index (χ0n) is 16.2. The highest BCUT2D eigenvalue weighted by Crippen LogP contribution is 2.04. The molecule has 1 rings (SSSR count). The SMILES string of the molecule is CNC(=O)NC(C(=O)NC1C=CCCNC(=O)C=CC(C)NC1=O)C(C)C. The summed E-state index contributed by atoms with van der Waals surface area (Å²) in [5.74, 6) is -1.25. The van der Waals surface area contributed by atoms with Crippen LogP contribution in [0.4, 0.5) is 4.79 Å². The molecule has 0 aliphatic carbocycles. The highest BCUT2D eigenvalue weighted by molar-refractivity contribution is 5.93. The lowest BCUT2D eigenvalue weighted by Crippen LogP contribution is -2.56. The number of hydrogen-bond acceptors (Lipinski definition) is 4. The largest absolute Gasteiger partial charge is 0.352 e. The standard InChI is InChI=1S/C18H29N5O4/c1-11(2)15(23-18(27)19-4)17(26)22-13-7-5-6-10-20-14(24)9-8-12(3)21-16(13)25/h5,7-9,11-13,15H,6,10H2,1-4H3,(H,20,24)(H,21,25)(H,22,26)(H2,19,23,27). The van der Waals surface area contributed by atoms with Crippen molar-refractivity contribution in [2.24, 2.45) is 5.92 Å². The Bertz CT molecular complexity index is 615. The summed E-state index contributed by atoms with van der Waals surface area (Å²) in [7, 11) is 1.46. The quantitative estimate of drug-likeness (QED) is 0.424. The van der Waals surface area contributed by atoms with E-state index in [1.54, 1.807) is 39.0 Å². The van der Waals surface area contributed by atoms with Crippen molar-refractivity contribution >= 4 is 23.8 Å². The van der Waals surface area contributed by atoms with Crippen LogP contribution in [0.5, 0.6) is 0 Å². The normalized spacial score (nSPS) is 22.0. The molecule has 0 bridgehead atoms. The predicted molar refractivity (Wildman–Crippen MR) is 102 cm³/mol. The number of urea groups is 1. The summed E-state index contributed by atoms with van der Waals surface area (Å²) in [6, 6.07) is -2.54. The third kappa shape index (κ3) is 7.93. The molecule has 0 fully saturated rings. The van der Waals surface area contributed by atoms with Crippen LogP contribution in [-0.2, 0) is 14.4 Å². The zero-order valence-corrected chi connectivity index (χ0v) is 16.2. The first-order valence-corrected chi connectivity index (χ1v) is 8.96. The van der Waals surface area contributed by atoms with Gasteiger partial charge in [0.15, 0.2) is 0 Å². The topological polar surface area (TPSA) is 128 Å². The van der Waals surface area contributed by atoms with Crippen LogP contribution in [-0.4, -0.2) is 55.5 Å². The summed E-state index contributed by atoms with van der Waals surface area (Å²) >= 11 is 0. The summed E-state index contributed by atoms with van der Waals surface area (Å²) in [6.07, 6.45) is 6.75. The van der Waals surface area contributed by atoms with Gasteiger partial charge in [0.25, 0.3) is 0 Å². The Kier molecular flexibility index (Phi) is 9.04. The number of carbonyl (C=O) groups is 4. The van der Waals surface area contributed by atoms with E-state index < -0.39 is 29.9 Å². The van der Waals surface area contributed by atoms with E-state index in [0.717, 1.165) is 0 Å². The molecule has 0 radical (unpaired) electrons. The Morgan fingerprint density at radius 3 is 2.56 bits per heavy atom. The van der Waals surface area contributed by atoms with Crippen molar-refractivity contribution in [3.63, 3.8) is 0 Å². The molecule has 150 valence electrons. The molecule has 9 nitrogen and oxygen atoms in total. The lowest BCUT2D eigenvalue weighted by molar-refractivity contribution is -0.129. The second kappa shape index (κ2) is 11.0. The van der Waals surface area contributed by atoms with E-state index in [-0.39, 0.29) is 17.9 Å². The molecule has 9 heteroatoms. The second-order valence-electron chi connectivity index (χ2n) is 6.60. The van der Waals surface area contributed by atoms with Crippen molar-refractivity contribution in [2.45, 2.75) is 45.3 Å². The fourth-order valence-corrected chi connectivity index (χ4v) is 2.36. The van der Waals surface area contributed by atoms with Gasteiger partial charge in [-0.15, -0.1) is 0 Å². The lowest BCUT2D eigenvalue weighted by Gasteiger charge is -2.24. The minimum absolute atomic E-state index is 0.169. The Morgan fingerprint density at radius 1 is 1.22 bits per heavy atom. The molecular weight excluding hydrogens is 350 g/mol. The van der Waals surface area contributed by atoms with Gasteiger partial charge in [-0.05, 0) is 19.3 Å². The van der Waals surface area contributed by atoms with Crippen molar-refractivity contribution < 1.29 is 19.2 Å². The molecule has 5 amide bonds. The third-order valence-electron chi connectivity index (χ3n) is 3.89. The van der Waals surface area contributed by atoms with Crippen molar-refractivity contribution in [2.75, 3.05) is 13.6 Å². The van der Waals surface area contributed by atoms with Crippen molar-refractivity contribution in [1.29, 1.82) is 0 Å². The van der Waals surface area contributed by atoms with Gasteiger partial charge in [-0.3, -0.25) is 14.4 Å². The predicted octanol–water partition coefficient (Wildman–Crippen LogP) is -0.438. The van der Waals surface area contributed by atoms with Gasteiger partial charge >= 0.3 is 6.03 Å². The maximum absolute atomic E-state index is 12.6. The van der Waals surface area contributed by atoms with E-state index in [4.69, 9.17) is 0 Å². The van der Waals surface area contributed by atoms with E-state index in [2.05, 4.69) is 26.6 Å². The van der Waals surface area contributed by atoms with Crippen molar-refractivity contribution in [1.82, 2.24) is 26.6 Å². The van der Waals surface area contributed by atoms with Crippen molar-refractivity contribution in [3.05, 3.63) is 24.3 Å². The average molecular weight is 379 g/mol.